The van der Waals surface area contributed by atoms with E-state index in [4.69, 9.17) is 9.52 Å². The number of nitrogens with one attached hydrogen (secondary N) is 1. The van der Waals surface area contributed by atoms with Crippen LogP contribution < -0.4 is 5.32 Å². The highest BCUT2D eigenvalue weighted by Gasteiger charge is 2.32. The van der Waals surface area contributed by atoms with E-state index < -0.39 is 5.97 Å². The van der Waals surface area contributed by atoms with Crippen molar-refractivity contribution < 1.29 is 23.9 Å². The van der Waals surface area contributed by atoms with Gasteiger partial charge >= 0.3 is 5.97 Å². The van der Waals surface area contributed by atoms with Crippen molar-refractivity contribution in [1.29, 1.82) is 0 Å². The number of likely N-dealkylation sites (tertiary alicyclic amines) is 1. The molecule has 2 amide bonds. The Labute approximate surface area is 115 Å². The summed E-state index contributed by atoms with van der Waals surface area (Å²) in [6.45, 7) is 2.07. The lowest BCUT2D eigenvalue weighted by Crippen LogP contribution is -2.31. The number of hydrogen-bond donors (Lipinski definition) is 2. The van der Waals surface area contributed by atoms with E-state index in [2.05, 4.69) is 5.32 Å². The number of carboxylic acids is 1. The molecule has 1 aliphatic heterocycles. The Morgan fingerprint density at radius 1 is 1.55 bits per heavy atom. The number of aromatic carboxylic acids is 1. The molecule has 2 heterocycles. The van der Waals surface area contributed by atoms with E-state index in [1.807, 2.05) is 0 Å². The van der Waals surface area contributed by atoms with Crippen LogP contribution in [0, 0.1) is 12.8 Å². The summed E-state index contributed by atoms with van der Waals surface area (Å²) in [6.07, 6.45) is 0.208. The maximum Gasteiger partial charge on any atom is 0.339 e. The van der Waals surface area contributed by atoms with Crippen LogP contribution in [0.2, 0.25) is 0 Å². The third kappa shape index (κ3) is 2.81. The normalized spacial score (nSPS) is 18.4. The van der Waals surface area contributed by atoms with Gasteiger partial charge in [0.1, 0.15) is 17.1 Å². The Bertz CT molecular complexity index is 563. The maximum atomic E-state index is 11.9. The van der Waals surface area contributed by atoms with Crippen LogP contribution in [-0.2, 0) is 16.1 Å². The van der Waals surface area contributed by atoms with Gasteiger partial charge in [-0.05, 0) is 13.0 Å². The van der Waals surface area contributed by atoms with E-state index in [1.54, 1.807) is 14.0 Å². The minimum atomic E-state index is -1.06. The van der Waals surface area contributed by atoms with Gasteiger partial charge in [-0.25, -0.2) is 4.79 Å². The summed E-state index contributed by atoms with van der Waals surface area (Å²) in [4.78, 5) is 35.6. The monoisotopic (exact) mass is 280 g/mol. The van der Waals surface area contributed by atoms with Crippen LogP contribution in [0.1, 0.15) is 28.3 Å². The molecule has 7 nitrogen and oxygen atoms in total. The highest BCUT2D eigenvalue weighted by atomic mass is 16.4. The summed E-state index contributed by atoms with van der Waals surface area (Å²) in [6, 6.07) is 1.39. The van der Waals surface area contributed by atoms with Gasteiger partial charge in [-0.3, -0.25) is 9.59 Å². The second-order valence-corrected chi connectivity index (χ2v) is 4.88. The average molecular weight is 280 g/mol. The van der Waals surface area contributed by atoms with Crippen molar-refractivity contribution in [3.05, 3.63) is 23.2 Å². The summed E-state index contributed by atoms with van der Waals surface area (Å²) in [5, 5.41) is 11.6. The largest absolute Gasteiger partial charge is 0.478 e. The number of carbonyl (C=O) groups is 3. The van der Waals surface area contributed by atoms with Crippen molar-refractivity contribution in [2.75, 3.05) is 13.6 Å². The van der Waals surface area contributed by atoms with Gasteiger partial charge in [0.2, 0.25) is 11.8 Å². The molecule has 1 atom stereocenters. The Morgan fingerprint density at radius 2 is 2.25 bits per heavy atom. The van der Waals surface area contributed by atoms with Gasteiger partial charge in [-0.15, -0.1) is 0 Å². The minimum Gasteiger partial charge on any atom is -0.478 e. The van der Waals surface area contributed by atoms with Gasteiger partial charge in [0.25, 0.3) is 0 Å². The van der Waals surface area contributed by atoms with Gasteiger partial charge in [0.05, 0.1) is 12.5 Å². The molecule has 1 aromatic rings. The molecule has 1 aromatic heterocycles. The van der Waals surface area contributed by atoms with Crippen molar-refractivity contribution in [3.8, 4) is 0 Å². The number of carboxylic acid groups (broad SMARTS) is 1. The van der Waals surface area contributed by atoms with Gasteiger partial charge < -0.3 is 19.7 Å². The van der Waals surface area contributed by atoms with Crippen molar-refractivity contribution in [2.24, 2.45) is 5.92 Å². The fourth-order valence-electron chi connectivity index (χ4n) is 2.20. The molecule has 7 heteroatoms. The lowest BCUT2D eigenvalue weighted by molar-refractivity contribution is -0.128. The third-order valence-electron chi connectivity index (χ3n) is 3.35. The molecule has 0 spiro atoms. The lowest BCUT2D eigenvalue weighted by atomic mass is 10.1. The predicted octanol–water partition coefficient (Wildman–Crippen LogP) is 0.381. The number of nitrogens with zero attached hydrogens (tertiary/aromatic N) is 1. The summed E-state index contributed by atoms with van der Waals surface area (Å²) >= 11 is 0. The number of carbonyl (C=O) groups excluding carboxylic acids is 2. The van der Waals surface area contributed by atoms with Crippen molar-refractivity contribution in [3.63, 3.8) is 0 Å². The fourth-order valence-corrected chi connectivity index (χ4v) is 2.20. The van der Waals surface area contributed by atoms with Crippen LogP contribution >= 0.6 is 0 Å². The van der Waals surface area contributed by atoms with Gasteiger partial charge in [-0.2, -0.15) is 0 Å². The first kappa shape index (κ1) is 14.1. The van der Waals surface area contributed by atoms with Gasteiger partial charge in [-0.1, -0.05) is 0 Å². The molecule has 0 aliphatic carbocycles. The van der Waals surface area contributed by atoms with E-state index in [9.17, 15) is 14.4 Å². The molecule has 108 valence electrons. The zero-order valence-corrected chi connectivity index (χ0v) is 11.3. The molecular formula is C13H16N2O5. The molecule has 1 aliphatic rings. The van der Waals surface area contributed by atoms with Crippen molar-refractivity contribution in [1.82, 2.24) is 10.2 Å². The number of aryl methyl sites for hydroxylation is 1. The van der Waals surface area contributed by atoms with E-state index in [1.165, 1.54) is 11.0 Å². The third-order valence-corrected chi connectivity index (χ3v) is 3.35. The summed E-state index contributed by atoms with van der Waals surface area (Å²) in [5.41, 5.74) is 0.0880. The molecule has 0 saturated carbocycles. The zero-order valence-electron chi connectivity index (χ0n) is 11.3. The first-order valence-electron chi connectivity index (χ1n) is 6.22. The maximum absolute atomic E-state index is 11.9. The van der Waals surface area contributed by atoms with Gasteiger partial charge in [0, 0.05) is 20.0 Å². The van der Waals surface area contributed by atoms with Gasteiger partial charge in [0.15, 0.2) is 0 Å². The summed E-state index contributed by atoms with van der Waals surface area (Å²) < 4.78 is 5.26. The molecule has 2 rings (SSSR count). The second-order valence-electron chi connectivity index (χ2n) is 4.88. The van der Waals surface area contributed by atoms with E-state index in [-0.39, 0.29) is 36.3 Å². The Kier molecular flexibility index (Phi) is 3.78. The number of rotatable bonds is 4. The molecule has 1 unspecified atom stereocenters. The highest BCUT2D eigenvalue weighted by Crippen LogP contribution is 2.17. The summed E-state index contributed by atoms with van der Waals surface area (Å²) in [7, 11) is 1.66. The minimum absolute atomic E-state index is 0.0489. The number of hydrogen-bond acceptors (Lipinski definition) is 4. The Balaban J connectivity index is 1.92. The highest BCUT2D eigenvalue weighted by molar-refractivity contribution is 5.89. The molecule has 1 saturated heterocycles. The SMILES string of the molecule is Cc1oc(CNC(=O)C2CC(=O)N(C)C2)cc1C(=O)O. The van der Waals surface area contributed by atoms with Crippen LogP contribution in [0.4, 0.5) is 0 Å². The van der Waals surface area contributed by atoms with Crippen LogP contribution in [0.3, 0.4) is 0 Å². The second kappa shape index (κ2) is 5.36. The standard InChI is InChI=1S/C13H16N2O5/c1-7-10(13(18)19)4-9(20-7)5-14-12(17)8-3-11(16)15(2)6-8/h4,8H,3,5-6H2,1-2H3,(H,14,17)(H,18,19). The van der Waals surface area contributed by atoms with E-state index in [0.717, 1.165) is 0 Å². The van der Waals surface area contributed by atoms with Crippen molar-refractivity contribution >= 4 is 17.8 Å². The molecule has 2 N–H and O–H groups in total. The number of amides is 2. The topological polar surface area (TPSA) is 99.9 Å². The summed E-state index contributed by atoms with van der Waals surface area (Å²) in [5.74, 6) is -1.02. The van der Waals surface area contributed by atoms with Crippen LogP contribution in [0.15, 0.2) is 10.5 Å². The fraction of sp³-hybridized carbons (Fsp3) is 0.462. The first-order valence-corrected chi connectivity index (χ1v) is 6.22. The smallest absolute Gasteiger partial charge is 0.339 e. The van der Waals surface area contributed by atoms with Crippen LogP contribution in [0.25, 0.3) is 0 Å². The zero-order chi connectivity index (χ0) is 14.9. The molecular weight excluding hydrogens is 264 g/mol. The Morgan fingerprint density at radius 3 is 2.75 bits per heavy atom. The molecule has 0 radical (unpaired) electrons. The van der Waals surface area contributed by atoms with Crippen LogP contribution in [-0.4, -0.2) is 41.4 Å². The molecule has 20 heavy (non-hydrogen) atoms. The Hall–Kier alpha value is -2.31. The predicted molar refractivity (Wildman–Crippen MR) is 68.0 cm³/mol. The van der Waals surface area contributed by atoms with E-state index in [0.29, 0.717) is 18.1 Å². The lowest BCUT2D eigenvalue weighted by Gasteiger charge is -2.10. The van der Waals surface area contributed by atoms with E-state index >= 15 is 0 Å². The molecule has 1 fully saturated rings. The first-order chi connectivity index (χ1) is 9.38. The molecule has 0 aromatic carbocycles. The average Bonchev–Trinajstić information content (AvgIpc) is 2.91. The quantitative estimate of drug-likeness (QED) is 0.830. The van der Waals surface area contributed by atoms with Crippen molar-refractivity contribution in [2.45, 2.75) is 19.9 Å². The van der Waals surface area contributed by atoms with Crippen LogP contribution in [0.5, 0.6) is 0 Å². The number of furan rings is 1. The molecule has 0 bridgehead atoms.